The minimum Gasteiger partial charge on any atom is -0.393 e. The molecule has 2 saturated carbocycles. The number of rotatable bonds is 3. The van der Waals surface area contributed by atoms with E-state index in [-0.39, 0.29) is 11.7 Å². The van der Waals surface area contributed by atoms with Crippen molar-refractivity contribution in [3.8, 4) is 0 Å². The van der Waals surface area contributed by atoms with Gasteiger partial charge >= 0.3 is 0 Å². The second-order valence-electron chi connectivity index (χ2n) is 7.33. The monoisotopic (exact) mass is 266 g/mol. The smallest absolute Gasteiger partial charge is 0.0686 e. The van der Waals surface area contributed by atoms with Gasteiger partial charge in [0.1, 0.15) is 0 Å². The normalized spacial score (nSPS) is 39.8. The summed E-state index contributed by atoms with van der Waals surface area (Å²) in [7, 11) is 0. The van der Waals surface area contributed by atoms with Gasteiger partial charge in [0.25, 0.3) is 0 Å². The lowest BCUT2D eigenvalue weighted by molar-refractivity contribution is -0.119. The molecular weight excluding hydrogens is 236 g/mol. The molecule has 3 aliphatic rings. The van der Waals surface area contributed by atoms with Crippen LogP contribution in [0.15, 0.2) is 0 Å². The van der Waals surface area contributed by atoms with E-state index < -0.39 is 0 Å². The molecule has 0 bridgehead atoms. The summed E-state index contributed by atoms with van der Waals surface area (Å²) < 4.78 is 6.10. The summed E-state index contributed by atoms with van der Waals surface area (Å²) in [5.74, 6) is 1.96. The number of aliphatic hydroxyl groups excluding tert-OH is 1. The predicted molar refractivity (Wildman–Crippen MR) is 77.0 cm³/mol. The Kier molecular flexibility index (Phi) is 4.19. The molecule has 0 amide bonds. The van der Waals surface area contributed by atoms with E-state index in [0.29, 0.717) is 11.8 Å². The molecule has 110 valence electrons. The first kappa shape index (κ1) is 13.9. The van der Waals surface area contributed by atoms with Crippen LogP contribution in [0.3, 0.4) is 0 Å². The van der Waals surface area contributed by atoms with Gasteiger partial charge in [0, 0.05) is 6.61 Å². The van der Waals surface area contributed by atoms with E-state index in [2.05, 4.69) is 6.92 Å². The fourth-order valence-electron chi connectivity index (χ4n) is 4.90. The summed E-state index contributed by atoms with van der Waals surface area (Å²) in [4.78, 5) is 0. The molecule has 1 N–H and O–H groups in total. The van der Waals surface area contributed by atoms with Gasteiger partial charge in [-0.25, -0.2) is 0 Å². The first-order valence-corrected chi connectivity index (χ1v) is 8.54. The molecule has 2 nitrogen and oxygen atoms in total. The summed E-state index contributed by atoms with van der Waals surface area (Å²) in [6.07, 6.45) is 12.4. The maximum Gasteiger partial charge on any atom is 0.0686 e. The first-order chi connectivity index (χ1) is 9.22. The molecule has 1 aliphatic heterocycles. The van der Waals surface area contributed by atoms with Crippen LogP contribution in [-0.2, 0) is 4.74 Å². The molecule has 2 heteroatoms. The molecule has 0 aromatic heterocycles. The Balaban J connectivity index is 1.59. The second kappa shape index (κ2) is 5.73. The molecule has 1 spiro atoms. The third-order valence-corrected chi connectivity index (χ3v) is 6.17. The molecule has 4 atom stereocenters. The van der Waals surface area contributed by atoms with Crippen molar-refractivity contribution in [1.82, 2.24) is 0 Å². The number of hydrogen-bond acceptors (Lipinski definition) is 2. The van der Waals surface area contributed by atoms with Gasteiger partial charge in [-0.3, -0.25) is 0 Å². The average molecular weight is 266 g/mol. The fraction of sp³-hybridized carbons (Fsp3) is 1.00. The van der Waals surface area contributed by atoms with E-state index in [1.807, 2.05) is 0 Å². The highest BCUT2D eigenvalue weighted by Crippen LogP contribution is 2.45. The summed E-state index contributed by atoms with van der Waals surface area (Å²) in [5.41, 5.74) is 0.159. The van der Waals surface area contributed by atoms with Gasteiger partial charge in [-0.2, -0.15) is 0 Å². The lowest BCUT2D eigenvalue weighted by atomic mass is 9.77. The molecule has 19 heavy (non-hydrogen) atoms. The first-order valence-electron chi connectivity index (χ1n) is 8.54. The van der Waals surface area contributed by atoms with Crippen molar-refractivity contribution in [3.63, 3.8) is 0 Å². The number of aliphatic hydroxyl groups is 1. The Bertz CT molecular complexity index is 296. The van der Waals surface area contributed by atoms with Crippen LogP contribution in [0, 0.1) is 17.8 Å². The minimum absolute atomic E-state index is 0.0575. The molecule has 3 rings (SSSR count). The zero-order valence-electron chi connectivity index (χ0n) is 12.4. The summed E-state index contributed by atoms with van der Waals surface area (Å²) in [5, 5.41) is 10.8. The highest BCUT2D eigenvalue weighted by molar-refractivity contribution is 4.94. The van der Waals surface area contributed by atoms with Crippen molar-refractivity contribution in [2.24, 2.45) is 17.8 Å². The van der Waals surface area contributed by atoms with Crippen LogP contribution in [0.1, 0.15) is 71.1 Å². The maximum absolute atomic E-state index is 10.8. The summed E-state index contributed by atoms with van der Waals surface area (Å²) in [6.45, 7) is 3.17. The summed E-state index contributed by atoms with van der Waals surface area (Å²) in [6, 6.07) is 0. The van der Waals surface area contributed by atoms with E-state index in [9.17, 15) is 5.11 Å². The quantitative estimate of drug-likeness (QED) is 0.839. The number of ether oxygens (including phenoxy) is 1. The largest absolute Gasteiger partial charge is 0.393 e. The van der Waals surface area contributed by atoms with Crippen molar-refractivity contribution >= 4 is 0 Å². The van der Waals surface area contributed by atoms with Crippen LogP contribution in [0.2, 0.25) is 0 Å². The zero-order valence-corrected chi connectivity index (χ0v) is 12.4. The van der Waals surface area contributed by atoms with Crippen LogP contribution in [0.25, 0.3) is 0 Å². The van der Waals surface area contributed by atoms with Gasteiger partial charge in [0.2, 0.25) is 0 Å². The Morgan fingerprint density at radius 1 is 1.16 bits per heavy atom. The molecule has 1 saturated heterocycles. The van der Waals surface area contributed by atoms with Crippen LogP contribution in [0.4, 0.5) is 0 Å². The molecule has 0 radical (unpaired) electrons. The van der Waals surface area contributed by atoms with Crippen molar-refractivity contribution in [1.29, 1.82) is 0 Å². The van der Waals surface area contributed by atoms with Crippen LogP contribution in [-0.4, -0.2) is 23.4 Å². The SMILES string of the molecule is CCC1CCC(C(O)C2CCOC3(CCCC3)C2)C1. The molecule has 3 fully saturated rings. The third kappa shape index (κ3) is 2.85. The fourth-order valence-corrected chi connectivity index (χ4v) is 4.90. The Labute approximate surface area is 117 Å². The standard InChI is InChI=1S/C17H30O2/c1-2-13-5-6-14(11-13)16(18)15-7-10-19-17(12-15)8-3-4-9-17/h13-16,18H,2-12H2,1H3. The van der Waals surface area contributed by atoms with E-state index in [0.717, 1.165) is 25.4 Å². The van der Waals surface area contributed by atoms with Gasteiger partial charge < -0.3 is 9.84 Å². The van der Waals surface area contributed by atoms with Crippen molar-refractivity contribution < 1.29 is 9.84 Å². The molecule has 0 aromatic rings. The third-order valence-electron chi connectivity index (χ3n) is 6.17. The van der Waals surface area contributed by atoms with Crippen molar-refractivity contribution in [3.05, 3.63) is 0 Å². The minimum atomic E-state index is -0.0575. The Hall–Kier alpha value is -0.0800. The molecule has 0 aromatic carbocycles. The van der Waals surface area contributed by atoms with E-state index in [4.69, 9.17) is 4.74 Å². The van der Waals surface area contributed by atoms with Gasteiger partial charge in [-0.1, -0.05) is 32.6 Å². The van der Waals surface area contributed by atoms with Crippen molar-refractivity contribution in [2.45, 2.75) is 82.8 Å². The summed E-state index contributed by atoms with van der Waals surface area (Å²) >= 11 is 0. The lowest BCUT2D eigenvalue weighted by Crippen LogP contribution is -2.42. The highest BCUT2D eigenvalue weighted by atomic mass is 16.5. The zero-order chi connectivity index (χ0) is 13.3. The van der Waals surface area contributed by atoms with Gasteiger partial charge in [-0.05, 0) is 56.3 Å². The van der Waals surface area contributed by atoms with Gasteiger partial charge in [-0.15, -0.1) is 0 Å². The molecular formula is C17H30O2. The molecule has 2 aliphatic carbocycles. The van der Waals surface area contributed by atoms with E-state index in [1.165, 1.54) is 51.4 Å². The average Bonchev–Trinajstić information content (AvgIpc) is 3.07. The Morgan fingerprint density at radius 3 is 2.63 bits per heavy atom. The number of hydrogen-bond donors (Lipinski definition) is 1. The van der Waals surface area contributed by atoms with Crippen LogP contribution < -0.4 is 0 Å². The van der Waals surface area contributed by atoms with E-state index in [1.54, 1.807) is 0 Å². The highest BCUT2D eigenvalue weighted by Gasteiger charge is 2.43. The van der Waals surface area contributed by atoms with Crippen LogP contribution in [0.5, 0.6) is 0 Å². The molecule has 1 heterocycles. The second-order valence-corrected chi connectivity index (χ2v) is 7.33. The maximum atomic E-state index is 10.8. The van der Waals surface area contributed by atoms with Gasteiger partial charge in [0.05, 0.1) is 11.7 Å². The van der Waals surface area contributed by atoms with Crippen LogP contribution >= 0.6 is 0 Å². The Morgan fingerprint density at radius 2 is 1.95 bits per heavy atom. The van der Waals surface area contributed by atoms with Crippen molar-refractivity contribution in [2.75, 3.05) is 6.61 Å². The topological polar surface area (TPSA) is 29.5 Å². The predicted octanol–water partition coefficient (Wildman–Crippen LogP) is 3.91. The van der Waals surface area contributed by atoms with E-state index >= 15 is 0 Å². The van der Waals surface area contributed by atoms with Gasteiger partial charge in [0.15, 0.2) is 0 Å². The molecule has 4 unspecified atom stereocenters. The lowest BCUT2D eigenvalue weighted by Gasteiger charge is -2.41.